The Hall–Kier alpha value is -2.93. The number of nitrogens with zero attached hydrogens (tertiary/aromatic N) is 3. The highest BCUT2D eigenvalue weighted by Crippen LogP contribution is 2.24. The smallest absolute Gasteiger partial charge is 0.251 e. The third-order valence-corrected chi connectivity index (χ3v) is 4.28. The number of hydrogen-bond acceptors (Lipinski definition) is 5. The lowest BCUT2D eigenvalue weighted by Crippen LogP contribution is -2.35. The Morgan fingerprint density at radius 1 is 1.36 bits per heavy atom. The molecule has 25 heavy (non-hydrogen) atoms. The van der Waals surface area contributed by atoms with E-state index in [0.717, 1.165) is 22.7 Å². The maximum atomic E-state index is 12.4. The van der Waals surface area contributed by atoms with E-state index in [-0.39, 0.29) is 11.9 Å². The number of fused-ring (bicyclic) bond motifs is 3. The van der Waals surface area contributed by atoms with Crippen LogP contribution in [-0.2, 0) is 11.3 Å². The van der Waals surface area contributed by atoms with Crippen LogP contribution in [0.2, 0.25) is 0 Å². The number of methoxy groups -OCH3 is 1. The molecular weight excluding hydrogens is 320 g/mol. The van der Waals surface area contributed by atoms with Gasteiger partial charge in [-0.3, -0.25) is 4.79 Å². The van der Waals surface area contributed by atoms with E-state index in [0.29, 0.717) is 25.3 Å². The molecule has 0 bridgehead atoms. The first-order valence-electron chi connectivity index (χ1n) is 8.08. The third-order valence-electron chi connectivity index (χ3n) is 4.28. The molecule has 0 saturated carbocycles. The largest absolute Gasteiger partial charge is 0.497 e. The molecule has 0 spiro atoms. The van der Waals surface area contributed by atoms with Gasteiger partial charge in [0.15, 0.2) is 5.65 Å². The lowest BCUT2D eigenvalue weighted by molar-refractivity contribution is 0.0551. The van der Waals surface area contributed by atoms with Crippen LogP contribution in [-0.4, -0.2) is 40.7 Å². The van der Waals surface area contributed by atoms with E-state index in [1.54, 1.807) is 37.6 Å². The van der Waals surface area contributed by atoms with Gasteiger partial charge in [-0.15, -0.1) is 0 Å². The van der Waals surface area contributed by atoms with Crippen molar-refractivity contribution in [2.75, 3.05) is 20.3 Å². The van der Waals surface area contributed by atoms with Crippen LogP contribution in [0, 0.1) is 0 Å². The zero-order valence-electron chi connectivity index (χ0n) is 13.8. The molecule has 0 radical (unpaired) electrons. The van der Waals surface area contributed by atoms with Gasteiger partial charge in [-0.05, 0) is 36.4 Å². The van der Waals surface area contributed by atoms with Crippen molar-refractivity contribution >= 4 is 17.1 Å². The maximum Gasteiger partial charge on any atom is 0.251 e. The van der Waals surface area contributed by atoms with Gasteiger partial charge in [0.1, 0.15) is 23.7 Å². The quantitative estimate of drug-likeness (QED) is 0.786. The van der Waals surface area contributed by atoms with E-state index in [2.05, 4.69) is 19.9 Å². The molecule has 2 aromatic heterocycles. The van der Waals surface area contributed by atoms with Crippen molar-refractivity contribution in [2.45, 2.75) is 12.6 Å². The molecule has 1 amide bonds. The second-order valence-electron chi connectivity index (χ2n) is 5.85. The topological polar surface area (TPSA) is 78.3 Å². The monoisotopic (exact) mass is 338 g/mol. The van der Waals surface area contributed by atoms with Crippen LogP contribution in [0.15, 0.2) is 42.6 Å². The normalized spacial score (nSPS) is 16.4. The summed E-state index contributed by atoms with van der Waals surface area (Å²) in [7, 11) is 1.60. The highest BCUT2D eigenvalue weighted by atomic mass is 16.5. The highest BCUT2D eigenvalue weighted by Gasteiger charge is 2.25. The van der Waals surface area contributed by atoms with Gasteiger partial charge in [0.05, 0.1) is 19.8 Å². The standard InChI is InChI=1S/C18H18N4O3/c1-24-14-6-4-12(5-7-14)18(23)20-9-13-10-25-11-16-21-15-3-2-8-19-17(15)22(13)16/h2-8,13H,9-11H2,1H3,(H,20,23). The Morgan fingerprint density at radius 2 is 2.20 bits per heavy atom. The predicted octanol–water partition coefficient (Wildman–Crippen LogP) is 1.94. The van der Waals surface area contributed by atoms with E-state index in [1.807, 2.05) is 12.1 Å². The fraction of sp³-hybridized carbons (Fsp3) is 0.278. The summed E-state index contributed by atoms with van der Waals surface area (Å²) in [6, 6.07) is 10.8. The summed E-state index contributed by atoms with van der Waals surface area (Å²) in [5, 5.41) is 2.97. The molecular formula is C18H18N4O3. The van der Waals surface area contributed by atoms with E-state index in [4.69, 9.17) is 9.47 Å². The number of benzene rings is 1. The number of pyridine rings is 1. The summed E-state index contributed by atoms with van der Waals surface area (Å²) in [5.41, 5.74) is 2.25. The molecule has 7 heteroatoms. The second kappa shape index (κ2) is 6.52. The molecule has 4 rings (SSSR count). The Morgan fingerprint density at radius 3 is 3.00 bits per heavy atom. The van der Waals surface area contributed by atoms with Crippen molar-refractivity contribution in [1.29, 1.82) is 0 Å². The van der Waals surface area contributed by atoms with Crippen molar-refractivity contribution in [3.8, 4) is 5.75 Å². The highest BCUT2D eigenvalue weighted by molar-refractivity contribution is 5.94. The summed E-state index contributed by atoms with van der Waals surface area (Å²) in [6.45, 7) is 1.41. The summed E-state index contributed by atoms with van der Waals surface area (Å²) >= 11 is 0. The number of ether oxygens (including phenoxy) is 2. The molecule has 3 aromatic rings. The van der Waals surface area contributed by atoms with Gasteiger partial charge in [0.2, 0.25) is 0 Å². The Labute approximate surface area is 144 Å². The summed E-state index contributed by atoms with van der Waals surface area (Å²) in [4.78, 5) is 21.4. The van der Waals surface area contributed by atoms with Crippen LogP contribution in [0.5, 0.6) is 5.75 Å². The summed E-state index contributed by atoms with van der Waals surface area (Å²) in [6.07, 6.45) is 1.75. The van der Waals surface area contributed by atoms with Gasteiger partial charge in [0, 0.05) is 18.3 Å². The van der Waals surface area contributed by atoms with E-state index in [9.17, 15) is 4.79 Å². The van der Waals surface area contributed by atoms with Crippen LogP contribution in [0.1, 0.15) is 22.2 Å². The van der Waals surface area contributed by atoms with Gasteiger partial charge in [-0.1, -0.05) is 0 Å². The van der Waals surface area contributed by atoms with Crippen LogP contribution in [0.4, 0.5) is 0 Å². The fourth-order valence-corrected chi connectivity index (χ4v) is 3.03. The third kappa shape index (κ3) is 2.94. The van der Waals surface area contributed by atoms with Gasteiger partial charge in [-0.2, -0.15) is 0 Å². The van der Waals surface area contributed by atoms with Gasteiger partial charge in [0.25, 0.3) is 5.91 Å². The van der Waals surface area contributed by atoms with Gasteiger partial charge in [-0.25, -0.2) is 9.97 Å². The number of aromatic nitrogens is 3. The lowest BCUT2D eigenvalue weighted by Gasteiger charge is -2.25. The minimum Gasteiger partial charge on any atom is -0.497 e. The van der Waals surface area contributed by atoms with Gasteiger partial charge >= 0.3 is 0 Å². The minimum absolute atomic E-state index is 0.0363. The lowest BCUT2D eigenvalue weighted by atomic mass is 10.2. The molecule has 1 aromatic carbocycles. The maximum absolute atomic E-state index is 12.4. The molecule has 0 fully saturated rings. The van der Waals surface area contributed by atoms with Crippen molar-refractivity contribution in [2.24, 2.45) is 0 Å². The molecule has 1 aliphatic heterocycles. The van der Waals surface area contributed by atoms with Crippen molar-refractivity contribution < 1.29 is 14.3 Å². The number of carbonyl (C=O) groups excluding carboxylic acids is 1. The first-order valence-corrected chi connectivity index (χ1v) is 8.08. The Kier molecular flexibility index (Phi) is 4.07. The van der Waals surface area contributed by atoms with Crippen LogP contribution in [0.25, 0.3) is 11.2 Å². The number of nitrogens with one attached hydrogen (secondary N) is 1. The molecule has 7 nitrogen and oxygen atoms in total. The van der Waals surface area contributed by atoms with E-state index in [1.165, 1.54) is 0 Å². The van der Waals surface area contributed by atoms with E-state index >= 15 is 0 Å². The molecule has 1 aliphatic rings. The second-order valence-corrected chi connectivity index (χ2v) is 5.85. The van der Waals surface area contributed by atoms with Crippen molar-refractivity contribution in [1.82, 2.24) is 19.9 Å². The predicted molar refractivity (Wildman–Crippen MR) is 91.5 cm³/mol. The SMILES string of the molecule is COc1ccc(C(=O)NCC2COCc3nc4cccnc4n32)cc1. The molecule has 0 saturated heterocycles. The zero-order valence-corrected chi connectivity index (χ0v) is 13.8. The van der Waals surface area contributed by atoms with Crippen LogP contribution >= 0.6 is 0 Å². The van der Waals surface area contributed by atoms with Crippen molar-refractivity contribution in [3.63, 3.8) is 0 Å². The first kappa shape index (κ1) is 15.6. The Bertz CT molecular complexity index is 904. The van der Waals surface area contributed by atoms with Crippen LogP contribution in [0.3, 0.4) is 0 Å². The summed E-state index contributed by atoms with van der Waals surface area (Å²) < 4.78 is 12.8. The van der Waals surface area contributed by atoms with Gasteiger partial charge < -0.3 is 19.4 Å². The molecule has 1 unspecified atom stereocenters. The molecule has 3 heterocycles. The molecule has 1 N–H and O–H groups in total. The molecule has 128 valence electrons. The summed E-state index contributed by atoms with van der Waals surface area (Å²) in [5.74, 6) is 1.42. The molecule has 1 atom stereocenters. The molecule has 0 aliphatic carbocycles. The number of imidazole rings is 1. The number of amides is 1. The fourth-order valence-electron chi connectivity index (χ4n) is 3.03. The minimum atomic E-state index is -0.132. The number of carbonyl (C=O) groups is 1. The number of rotatable bonds is 4. The van der Waals surface area contributed by atoms with Crippen LogP contribution < -0.4 is 10.1 Å². The van der Waals surface area contributed by atoms with Crippen molar-refractivity contribution in [3.05, 3.63) is 54.0 Å². The van der Waals surface area contributed by atoms with E-state index < -0.39 is 0 Å². The average Bonchev–Trinajstić information content (AvgIpc) is 3.05. The average molecular weight is 338 g/mol. The zero-order chi connectivity index (χ0) is 17.2. The first-order chi connectivity index (χ1) is 12.3. The Balaban J connectivity index is 1.51. The number of hydrogen-bond donors (Lipinski definition) is 1.